The maximum Gasteiger partial charge on any atom is 0.319 e. The Balaban J connectivity index is 1.64. The van der Waals surface area contributed by atoms with Gasteiger partial charge in [-0.15, -0.1) is 0 Å². The molecule has 0 bridgehead atoms. The summed E-state index contributed by atoms with van der Waals surface area (Å²) in [5.41, 5.74) is 4.41. The van der Waals surface area contributed by atoms with Gasteiger partial charge in [0.15, 0.2) is 0 Å². The smallest absolute Gasteiger partial charge is 0.319 e. The number of carbonyl (C=O) groups is 1. The molecule has 1 aliphatic carbocycles. The monoisotopic (exact) mass is 542 g/mol. The van der Waals surface area contributed by atoms with E-state index in [1.54, 1.807) is 18.2 Å². The average Bonchev–Trinajstić information content (AvgIpc) is 2.82. The van der Waals surface area contributed by atoms with Gasteiger partial charge >= 0.3 is 6.03 Å². The molecule has 0 aromatic heterocycles. The van der Waals surface area contributed by atoms with Gasteiger partial charge in [0.25, 0.3) is 0 Å². The Morgan fingerprint density at radius 3 is 2.43 bits per heavy atom. The van der Waals surface area contributed by atoms with E-state index in [1.165, 1.54) is 16.7 Å². The lowest BCUT2D eigenvalue weighted by Gasteiger charge is -2.29. The average molecular weight is 544 g/mol. The van der Waals surface area contributed by atoms with E-state index in [4.69, 9.17) is 23.2 Å². The third kappa shape index (κ3) is 9.50. The van der Waals surface area contributed by atoms with Crippen molar-refractivity contribution < 1.29 is 4.79 Å². The van der Waals surface area contributed by atoms with Crippen LogP contribution in [0, 0.1) is 0 Å². The zero-order chi connectivity index (χ0) is 26.8. The quantitative estimate of drug-likeness (QED) is 0.253. The van der Waals surface area contributed by atoms with Gasteiger partial charge in [0.1, 0.15) is 0 Å². The minimum Gasteiger partial charge on any atom is -0.337 e. The molecule has 200 valence electrons. The largest absolute Gasteiger partial charge is 0.337 e. The van der Waals surface area contributed by atoms with Crippen molar-refractivity contribution >= 4 is 34.9 Å². The van der Waals surface area contributed by atoms with E-state index in [2.05, 4.69) is 91.3 Å². The highest BCUT2D eigenvalue weighted by Crippen LogP contribution is 2.35. The van der Waals surface area contributed by atoms with Crippen LogP contribution < -0.4 is 16.0 Å². The van der Waals surface area contributed by atoms with Crippen molar-refractivity contribution in [1.82, 2.24) is 15.5 Å². The fraction of sp³-hybridized carbons (Fsp3) is 0.433. The maximum absolute atomic E-state index is 12.6. The summed E-state index contributed by atoms with van der Waals surface area (Å²) in [5, 5.41) is 10.4. The standard InChI is InChI=1S/C30H40Cl2N4O/c1-22-7-5-13-30(2,20-22)25-10-8-23(9-11-25)24(12-15-33-14-6-16-36(3)4)21-34-29(37)35-28-18-26(31)17-27(32)19-28/h5,7-11,17-20,24,33H,6,12-16,21H2,1-4H3,(H2,34,35,37). The Bertz CT molecular complexity index is 1080. The van der Waals surface area contributed by atoms with E-state index in [1.807, 2.05) is 0 Å². The number of urea groups is 1. The van der Waals surface area contributed by atoms with Crippen LogP contribution in [0.1, 0.15) is 50.2 Å². The Kier molecular flexibility index (Phi) is 11.1. The molecule has 37 heavy (non-hydrogen) atoms. The maximum atomic E-state index is 12.6. The second-order valence-corrected chi connectivity index (χ2v) is 11.3. The van der Waals surface area contributed by atoms with Crippen molar-refractivity contribution in [3.63, 3.8) is 0 Å². The fourth-order valence-electron chi connectivity index (χ4n) is 4.76. The molecule has 1 aliphatic rings. The van der Waals surface area contributed by atoms with Gasteiger partial charge in [0, 0.05) is 33.6 Å². The zero-order valence-corrected chi connectivity index (χ0v) is 23.9. The molecule has 5 nitrogen and oxygen atoms in total. The molecular weight excluding hydrogens is 503 g/mol. The summed E-state index contributed by atoms with van der Waals surface area (Å²) in [7, 11) is 4.18. The van der Waals surface area contributed by atoms with Gasteiger partial charge < -0.3 is 20.9 Å². The minimum absolute atomic E-state index is 0.0111. The van der Waals surface area contributed by atoms with Crippen molar-refractivity contribution in [2.75, 3.05) is 45.6 Å². The first-order valence-electron chi connectivity index (χ1n) is 13.0. The Morgan fingerprint density at radius 2 is 1.78 bits per heavy atom. The highest BCUT2D eigenvalue weighted by Gasteiger charge is 2.25. The van der Waals surface area contributed by atoms with Crippen molar-refractivity contribution in [3.05, 3.63) is 87.4 Å². The molecule has 2 unspecified atom stereocenters. The molecule has 2 aromatic rings. The molecule has 2 aromatic carbocycles. The minimum atomic E-state index is -0.277. The lowest BCUT2D eigenvalue weighted by atomic mass is 9.75. The molecule has 0 saturated carbocycles. The summed E-state index contributed by atoms with van der Waals surface area (Å²) in [4.78, 5) is 14.8. The van der Waals surface area contributed by atoms with Crippen LogP contribution in [-0.2, 0) is 5.41 Å². The van der Waals surface area contributed by atoms with Gasteiger partial charge in [0.2, 0.25) is 0 Å². The van der Waals surface area contributed by atoms with E-state index >= 15 is 0 Å². The summed E-state index contributed by atoms with van der Waals surface area (Å²) < 4.78 is 0. The summed E-state index contributed by atoms with van der Waals surface area (Å²) in [5.74, 6) is 0.181. The van der Waals surface area contributed by atoms with Gasteiger partial charge in [0.05, 0.1) is 0 Å². The molecule has 0 radical (unpaired) electrons. The lowest BCUT2D eigenvalue weighted by Crippen LogP contribution is -2.33. The van der Waals surface area contributed by atoms with Crippen LogP contribution in [0.2, 0.25) is 10.0 Å². The number of benzene rings is 2. The number of nitrogens with zero attached hydrogens (tertiary/aromatic N) is 1. The van der Waals surface area contributed by atoms with Gasteiger partial charge in [-0.1, -0.05) is 78.2 Å². The van der Waals surface area contributed by atoms with Gasteiger partial charge in [-0.25, -0.2) is 4.79 Å². The topological polar surface area (TPSA) is 56.4 Å². The summed E-state index contributed by atoms with van der Waals surface area (Å²) >= 11 is 12.1. The summed E-state index contributed by atoms with van der Waals surface area (Å²) in [6.45, 7) is 7.89. The first kappa shape index (κ1) is 29.2. The van der Waals surface area contributed by atoms with Crippen LogP contribution in [0.4, 0.5) is 10.5 Å². The predicted octanol–water partition coefficient (Wildman–Crippen LogP) is 6.99. The molecule has 0 heterocycles. The number of carbonyl (C=O) groups excluding carboxylic acids is 1. The number of amides is 2. The highest BCUT2D eigenvalue weighted by atomic mass is 35.5. The van der Waals surface area contributed by atoms with E-state index in [0.717, 1.165) is 38.9 Å². The van der Waals surface area contributed by atoms with E-state index in [0.29, 0.717) is 22.3 Å². The summed E-state index contributed by atoms with van der Waals surface area (Å²) in [6, 6.07) is 13.6. The van der Waals surface area contributed by atoms with Crippen molar-refractivity contribution in [3.8, 4) is 0 Å². The van der Waals surface area contributed by atoms with Crippen molar-refractivity contribution in [2.45, 2.75) is 44.4 Å². The number of rotatable bonds is 12. The van der Waals surface area contributed by atoms with Crippen LogP contribution in [-0.4, -0.2) is 51.2 Å². The van der Waals surface area contributed by atoms with Crippen molar-refractivity contribution in [2.24, 2.45) is 0 Å². The molecular formula is C30H40Cl2N4O. The first-order chi connectivity index (χ1) is 17.6. The lowest BCUT2D eigenvalue weighted by molar-refractivity contribution is 0.251. The Morgan fingerprint density at radius 1 is 1.08 bits per heavy atom. The van der Waals surface area contributed by atoms with Crippen LogP contribution in [0.15, 0.2) is 66.3 Å². The third-order valence-corrected chi connectivity index (χ3v) is 7.20. The Hall–Kier alpha value is -2.31. The van der Waals surface area contributed by atoms with Crippen molar-refractivity contribution in [1.29, 1.82) is 0 Å². The van der Waals surface area contributed by atoms with Gasteiger partial charge in [-0.05, 0) is 89.2 Å². The Labute approximate surface area is 232 Å². The second-order valence-electron chi connectivity index (χ2n) is 10.4. The molecule has 0 spiro atoms. The van der Waals surface area contributed by atoms with Crippen LogP contribution in [0.5, 0.6) is 0 Å². The normalized spacial score (nSPS) is 18.0. The van der Waals surface area contributed by atoms with E-state index in [-0.39, 0.29) is 17.4 Å². The summed E-state index contributed by atoms with van der Waals surface area (Å²) in [6.07, 6.45) is 9.82. The van der Waals surface area contributed by atoms with Gasteiger partial charge in [-0.2, -0.15) is 0 Å². The number of halogens is 2. The molecule has 2 amide bonds. The fourth-order valence-corrected chi connectivity index (χ4v) is 5.29. The molecule has 3 rings (SSSR count). The molecule has 0 fully saturated rings. The van der Waals surface area contributed by atoms with Crippen LogP contribution >= 0.6 is 23.2 Å². The molecule has 0 aliphatic heterocycles. The number of allylic oxidation sites excluding steroid dienone is 4. The zero-order valence-electron chi connectivity index (χ0n) is 22.4. The van der Waals surface area contributed by atoms with E-state index < -0.39 is 0 Å². The van der Waals surface area contributed by atoms with Crippen LogP contribution in [0.25, 0.3) is 0 Å². The SMILES string of the molecule is CC1=CC(C)(c2ccc(C(CCNCCCN(C)C)CNC(=O)Nc3cc(Cl)cc(Cl)c3)cc2)CC=C1. The van der Waals surface area contributed by atoms with E-state index in [9.17, 15) is 4.79 Å². The first-order valence-corrected chi connectivity index (χ1v) is 13.7. The number of hydrogen-bond acceptors (Lipinski definition) is 3. The molecule has 0 saturated heterocycles. The molecule has 7 heteroatoms. The number of hydrogen-bond donors (Lipinski definition) is 3. The third-order valence-electron chi connectivity index (χ3n) is 6.77. The second kappa shape index (κ2) is 14.0. The number of nitrogens with one attached hydrogen (secondary N) is 3. The van der Waals surface area contributed by atoms with Crippen LogP contribution in [0.3, 0.4) is 0 Å². The number of anilines is 1. The van der Waals surface area contributed by atoms with Gasteiger partial charge in [-0.3, -0.25) is 0 Å². The predicted molar refractivity (Wildman–Crippen MR) is 158 cm³/mol. The molecule has 2 atom stereocenters. The highest BCUT2D eigenvalue weighted by molar-refractivity contribution is 6.35. The molecule has 3 N–H and O–H groups in total.